The topological polar surface area (TPSA) is 26.0 Å². The lowest BCUT2D eigenvalue weighted by Crippen LogP contribution is -2.11. The highest BCUT2D eigenvalue weighted by Gasteiger charge is 2.16. The summed E-state index contributed by atoms with van der Waals surface area (Å²) < 4.78 is 14.9. The third-order valence-corrected chi connectivity index (χ3v) is 5.12. The lowest BCUT2D eigenvalue weighted by Gasteiger charge is -2.11. The van der Waals surface area contributed by atoms with E-state index in [1.165, 1.54) is 10.9 Å². The Morgan fingerprint density at radius 3 is 2.47 bits per heavy atom. The van der Waals surface area contributed by atoms with E-state index in [4.69, 9.17) is 5.73 Å². The van der Waals surface area contributed by atoms with Crippen molar-refractivity contribution in [3.8, 4) is 0 Å². The highest BCUT2D eigenvalue weighted by molar-refractivity contribution is 9.10. The largest absolute Gasteiger partial charge is 0.320 e. The Morgan fingerprint density at radius 1 is 1.24 bits per heavy atom. The Balaban J connectivity index is 2.40. The van der Waals surface area contributed by atoms with Crippen LogP contribution in [-0.2, 0) is 0 Å². The van der Waals surface area contributed by atoms with Gasteiger partial charge in [-0.05, 0) is 62.5 Å². The van der Waals surface area contributed by atoms with Crippen molar-refractivity contribution in [3.05, 3.63) is 54.3 Å². The maximum absolute atomic E-state index is 13.5. The Bertz CT molecular complexity index is 553. The lowest BCUT2D eigenvalue weighted by atomic mass is 10.1. The predicted molar refractivity (Wildman–Crippen MR) is 76.9 cm³/mol. The highest BCUT2D eigenvalue weighted by Crippen LogP contribution is 2.34. The second kappa shape index (κ2) is 5.18. The van der Waals surface area contributed by atoms with E-state index in [-0.39, 0.29) is 11.9 Å². The van der Waals surface area contributed by atoms with Crippen molar-refractivity contribution in [1.82, 2.24) is 0 Å². The number of halogens is 3. The molecule has 5 heteroatoms. The van der Waals surface area contributed by atoms with Crippen LogP contribution in [-0.4, -0.2) is 0 Å². The van der Waals surface area contributed by atoms with Crippen LogP contribution >= 0.6 is 43.2 Å². The van der Waals surface area contributed by atoms with E-state index in [0.717, 1.165) is 14.9 Å². The molecule has 0 fully saturated rings. The van der Waals surface area contributed by atoms with Crippen LogP contribution < -0.4 is 5.73 Å². The summed E-state index contributed by atoms with van der Waals surface area (Å²) >= 11 is 8.23. The first-order valence-corrected chi connectivity index (χ1v) is 7.35. The summed E-state index contributed by atoms with van der Waals surface area (Å²) in [4.78, 5) is 2.20. The zero-order valence-corrected chi connectivity index (χ0v) is 13.0. The molecule has 90 valence electrons. The highest BCUT2D eigenvalue weighted by atomic mass is 79.9. The number of nitrogens with two attached hydrogens (primary N) is 1. The summed E-state index contributed by atoms with van der Waals surface area (Å²) in [7, 11) is 0. The monoisotopic (exact) mass is 377 g/mol. The molecule has 2 N–H and O–H groups in total. The first-order chi connectivity index (χ1) is 7.99. The Kier molecular flexibility index (Phi) is 4.02. The number of aryl methyl sites for hydroxylation is 1. The fourth-order valence-electron chi connectivity index (χ4n) is 1.57. The van der Waals surface area contributed by atoms with E-state index < -0.39 is 0 Å². The normalized spacial score (nSPS) is 12.8. The van der Waals surface area contributed by atoms with Crippen LogP contribution in [0.15, 0.2) is 33.2 Å². The van der Waals surface area contributed by atoms with Gasteiger partial charge in [0.15, 0.2) is 0 Å². The van der Waals surface area contributed by atoms with Gasteiger partial charge in [-0.25, -0.2) is 4.39 Å². The molecule has 0 spiro atoms. The second-order valence-electron chi connectivity index (χ2n) is 3.72. The minimum absolute atomic E-state index is 0.289. The van der Waals surface area contributed by atoms with E-state index in [9.17, 15) is 4.39 Å². The van der Waals surface area contributed by atoms with Crippen molar-refractivity contribution >= 4 is 43.2 Å². The summed E-state index contributed by atoms with van der Waals surface area (Å²) in [5.74, 6) is -0.289. The summed E-state index contributed by atoms with van der Waals surface area (Å²) in [5.41, 5.74) is 6.92. The quantitative estimate of drug-likeness (QED) is 0.800. The SMILES string of the molecule is Cc1cc(Br)c(C(N)c2ccc(Br)c(F)c2)s1. The standard InChI is InChI=1S/C12H10Br2FNS/c1-6-4-9(14)12(17-6)11(16)7-2-3-8(13)10(15)5-7/h2-5,11H,16H2,1H3. The van der Waals surface area contributed by atoms with Gasteiger partial charge in [-0.1, -0.05) is 6.07 Å². The van der Waals surface area contributed by atoms with E-state index >= 15 is 0 Å². The van der Waals surface area contributed by atoms with Crippen LogP contribution in [0.4, 0.5) is 4.39 Å². The maximum atomic E-state index is 13.5. The zero-order chi connectivity index (χ0) is 12.6. The average molecular weight is 379 g/mol. The van der Waals surface area contributed by atoms with E-state index in [0.29, 0.717) is 4.47 Å². The predicted octanol–water partition coefficient (Wildman–Crippen LogP) is 4.77. The fraction of sp³-hybridized carbons (Fsp3) is 0.167. The van der Waals surface area contributed by atoms with Crippen LogP contribution in [0.25, 0.3) is 0 Å². The molecule has 0 aliphatic heterocycles. The Labute approximate surface area is 120 Å². The lowest BCUT2D eigenvalue weighted by molar-refractivity contribution is 0.617. The Morgan fingerprint density at radius 2 is 1.94 bits per heavy atom. The molecule has 0 radical (unpaired) electrons. The van der Waals surface area contributed by atoms with Gasteiger partial charge in [-0.15, -0.1) is 11.3 Å². The maximum Gasteiger partial charge on any atom is 0.137 e. The van der Waals surface area contributed by atoms with Gasteiger partial charge in [0, 0.05) is 14.2 Å². The molecule has 1 unspecified atom stereocenters. The van der Waals surface area contributed by atoms with Crippen molar-refractivity contribution < 1.29 is 4.39 Å². The molecule has 0 amide bonds. The smallest absolute Gasteiger partial charge is 0.137 e. The van der Waals surface area contributed by atoms with E-state index in [1.54, 1.807) is 17.4 Å². The van der Waals surface area contributed by atoms with Gasteiger partial charge in [0.2, 0.25) is 0 Å². The Hall–Kier alpha value is -0.230. The molecular weight excluding hydrogens is 369 g/mol. The van der Waals surface area contributed by atoms with Gasteiger partial charge >= 0.3 is 0 Å². The molecule has 0 saturated heterocycles. The van der Waals surface area contributed by atoms with Gasteiger partial charge in [-0.3, -0.25) is 0 Å². The molecule has 1 nitrogen and oxygen atoms in total. The number of benzene rings is 1. The third kappa shape index (κ3) is 2.78. The van der Waals surface area contributed by atoms with Crippen molar-refractivity contribution in [1.29, 1.82) is 0 Å². The van der Waals surface area contributed by atoms with E-state index in [1.807, 2.05) is 19.1 Å². The van der Waals surface area contributed by atoms with Crippen LogP contribution in [0.1, 0.15) is 21.4 Å². The summed E-state index contributed by atoms with van der Waals surface area (Å²) in [6.45, 7) is 2.02. The van der Waals surface area contributed by atoms with Crippen LogP contribution in [0.2, 0.25) is 0 Å². The van der Waals surface area contributed by atoms with Crippen molar-refractivity contribution in [2.45, 2.75) is 13.0 Å². The molecule has 17 heavy (non-hydrogen) atoms. The molecular formula is C12H10Br2FNS. The molecule has 2 rings (SSSR count). The molecule has 1 heterocycles. The van der Waals surface area contributed by atoms with Crippen LogP contribution in [0.5, 0.6) is 0 Å². The average Bonchev–Trinajstić information content (AvgIpc) is 2.61. The van der Waals surface area contributed by atoms with Gasteiger partial charge in [0.1, 0.15) is 5.82 Å². The first kappa shape index (κ1) is 13.2. The summed E-state index contributed by atoms with van der Waals surface area (Å²) in [5, 5.41) is 0. The number of thiophene rings is 1. The summed E-state index contributed by atoms with van der Waals surface area (Å²) in [6.07, 6.45) is 0. The molecule has 1 aromatic carbocycles. The molecule has 1 aromatic heterocycles. The van der Waals surface area contributed by atoms with E-state index in [2.05, 4.69) is 31.9 Å². The van der Waals surface area contributed by atoms with Crippen molar-refractivity contribution in [2.75, 3.05) is 0 Å². The molecule has 0 bridgehead atoms. The number of hydrogen-bond donors (Lipinski definition) is 1. The minimum Gasteiger partial charge on any atom is -0.320 e. The molecule has 0 aliphatic rings. The zero-order valence-electron chi connectivity index (χ0n) is 9.01. The number of hydrogen-bond acceptors (Lipinski definition) is 2. The fourth-order valence-corrected chi connectivity index (χ4v) is 3.74. The van der Waals surface area contributed by atoms with Crippen molar-refractivity contribution in [2.24, 2.45) is 5.73 Å². The van der Waals surface area contributed by atoms with Crippen LogP contribution in [0.3, 0.4) is 0 Å². The molecule has 0 aliphatic carbocycles. The molecule has 2 aromatic rings. The summed E-state index contributed by atoms with van der Waals surface area (Å²) in [6, 6.07) is 6.70. The number of rotatable bonds is 2. The van der Waals surface area contributed by atoms with Gasteiger partial charge < -0.3 is 5.73 Å². The molecule has 0 saturated carbocycles. The first-order valence-electron chi connectivity index (χ1n) is 4.95. The van der Waals surface area contributed by atoms with Gasteiger partial charge in [0.05, 0.1) is 10.5 Å². The molecule has 1 atom stereocenters. The third-order valence-electron chi connectivity index (χ3n) is 2.42. The van der Waals surface area contributed by atoms with Crippen molar-refractivity contribution in [3.63, 3.8) is 0 Å². The second-order valence-corrected chi connectivity index (χ2v) is 6.72. The van der Waals surface area contributed by atoms with Gasteiger partial charge in [0.25, 0.3) is 0 Å². The minimum atomic E-state index is -0.300. The van der Waals surface area contributed by atoms with Gasteiger partial charge in [-0.2, -0.15) is 0 Å². The van der Waals surface area contributed by atoms with Crippen LogP contribution in [0, 0.1) is 12.7 Å².